The fourth-order valence-electron chi connectivity index (χ4n) is 1.89. The number of nitrogens with zero attached hydrogens (tertiary/aromatic N) is 2. The molecule has 82 valence electrons. The monoisotopic (exact) mass is 228 g/mol. The first kappa shape index (κ1) is 10.4. The Morgan fingerprint density at radius 1 is 1.53 bits per heavy atom. The quantitative estimate of drug-likeness (QED) is 0.677. The molecule has 0 aliphatic carbocycles. The van der Waals surface area contributed by atoms with Crippen LogP contribution in [0.3, 0.4) is 0 Å². The molecule has 0 spiro atoms. The van der Waals surface area contributed by atoms with E-state index in [4.69, 9.17) is 0 Å². The lowest BCUT2D eigenvalue weighted by Crippen LogP contribution is -2.20. The number of rotatable bonds is 2. The van der Waals surface area contributed by atoms with E-state index in [1.54, 1.807) is 4.68 Å². The average Bonchev–Trinajstić information content (AvgIpc) is 2.53. The minimum Gasteiger partial charge on any atom is -0.296 e. The predicted octanol–water partition coefficient (Wildman–Crippen LogP) is 0.186. The number of carbonyl (C=O) groups is 1. The molecule has 5 nitrogen and oxygen atoms in total. The zero-order valence-electron chi connectivity index (χ0n) is 8.43. The highest BCUT2D eigenvalue weighted by molar-refractivity contribution is 7.90. The van der Waals surface area contributed by atoms with E-state index in [-0.39, 0.29) is 17.2 Å². The Kier molecular flexibility index (Phi) is 2.38. The Bertz CT molecular complexity index is 502. The molecule has 0 atom stereocenters. The Morgan fingerprint density at radius 3 is 2.87 bits per heavy atom. The van der Waals surface area contributed by atoms with E-state index in [1.807, 2.05) is 6.92 Å². The molecule has 0 radical (unpaired) electrons. The van der Waals surface area contributed by atoms with Crippen LogP contribution in [0.25, 0.3) is 0 Å². The molecule has 1 aromatic rings. The summed E-state index contributed by atoms with van der Waals surface area (Å²) in [5.41, 5.74) is 1.77. The second-order valence-corrected chi connectivity index (χ2v) is 5.77. The zero-order valence-corrected chi connectivity index (χ0v) is 9.25. The summed E-state index contributed by atoms with van der Waals surface area (Å²) < 4.78 is 24.6. The van der Waals surface area contributed by atoms with Gasteiger partial charge in [-0.1, -0.05) is 0 Å². The number of hydrogen-bond acceptors (Lipinski definition) is 4. The summed E-state index contributed by atoms with van der Waals surface area (Å²) in [7, 11) is -3.04. The van der Waals surface area contributed by atoms with Crippen LogP contribution in [0.5, 0.6) is 0 Å². The van der Waals surface area contributed by atoms with Gasteiger partial charge in [0.15, 0.2) is 16.1 Å². The molecule has 0 N–H and O–H groups in total. The van der Waals surface area contributed by atoms with Crippen LogP contribution in [-0.4, -0.2) is 30.2 Å². The standard InChI is InChI=1S/C9H12N2O3S/c1-2-11-9-3-4-15(13,14)6-7(9)8(5-12)10-11/h5H,2-4,6H2,1H3. The third kappa shape index (κ3) is 1.69. The third-order valence-corrected chi connectivity index (χ3v) is 4.18. The summed E-state index contributed by atoms with van der Waals surface area (Å²) in [6.07, 6.45) is 1.10. The lowest BCUT2D eigenvalue weighted by molar-refractivity contribution is 0.111. The Morgan fingerprint density at radius 2 is 2.27 bits per heavy atom. The second kappa shape index (κ2) is 3.44. The molecular weight excluding hydrogens is 216 g/mol. The number of aromatic nitrogens is 2. The summed E-state index contributed by atoms with van der Waals surface area (Å²) in [6.45, 7) is 2.58. The molecule has 0 unspecified atom stereocenters. The first-order valence-corrected chi connectivity index (χ1v) is 6.63. The van der Waals surface area contributed by atoms with Crippen molar-refractivity contribution < 1.29 is 13.2 Å². The van der Waals surface area contributed by atoms with Crippen LogP contribution in [0.1, 0.15) is 28.7 Å². The molecular formula is C9H12N2O3S. The highest BCUT2D eigenvalue weighted by Gasteiger charge is 2.27. The van der Waals surface area contributed by atoms with Crippen molar-refractivity contribution in [3.8, 4) is 0 Å². The minimum absolute atomic E-state index is 0.0452. The van der Waals surface area contributed by atoms with Crippen LogP contribution in [0.4, 0.5) is 0 Å². The van der Waals surface area contributed by atoms with Crippen LogP contribution in [0.2, 0.25) is 0 Å². The van der Waals surface area contributed by atoms with E-state index < -0.39 is 9.84 Å². The predicted molar refractivity (Wildman–Crippen MR) is 54.5 cm³/mol. The van der Waals surface area contributed by atoms with Crippen molar-refractivity contribution in [2.24, 2.45) is 0 Å². The number of aryl methyl sites for hydroxylation is 1. The largest absolute Gasteiger partial charge is 0.296 e. The molecule has 0 saturated carbocycles. The molecule has 0 bridgehead atoms. The maximum absolute atomic E-state index is 11.4. The zero-order chi connectivity index (χ0) is 11.1. The summed E-state index contributed by atoms with van der Waals surface area (Å²) in [4.78, 5) is 10.7. The van der Waals surface area contributed by atoms with E-state index >= 15 is 0 Å². The molecule has 1 aliphatic heterocycles. The lowest BCUT2D eigenvalue weighted by atomic mass is 10.1. The topological polar surface area (TPSA) is 69.0 Å². The van der Waals surface area contributed by atoms with Gasteiger partial charge < -0.3 is 0 Å². The fraction of sp³-hybridized carbons (Fsp3) is 0.556. The maximum atomic E-state index is 11.4. The third-order valence-electron chi connectivity index (χ3n) is 2.62. The minimum atomic E-state index is -3.04. The Hall–Kier alpha value is -1.17. The van der Waals surface area contributed by atoms with Gasteiger partial charge in [0, 0.05) is 24.2 Å². The normalized spacial score (nSPS) is 18.5. The smallest absolute Gasteiger partial charge is 0.170 e. The van der Waals surface area contributed by atoms with Crippen LogP contribution in [0.15, 0.2) is 0 Å². The van der Waals surface area contributed by atoms with Gasteiger partial charge in [0.1, 0.15) is 5.69 Å². The van der Waals surface area contributed by atoms with E-state index in [0.717, 1.165) is 5.69 Å². The molecule has 0 saturated heterocycles. The number of sulfone groups is 1. The van der Waals surface area contributed by atoms with E-state index in [9.17, 15) is 13.2 Å². The van der Waals surface area contributed by atoms with Crippen molar-refractivity contribution in [2.45, 2.75) is 25.6 Å². The Labute approximate surface area is 88.0 Å². The number of aldehydes is 1. The van der Waals surface area contributed by atoms with E-state index in [2.05, 4.69) is 5.10 Å². The molecule has 1 aliphatic rings. The number of carbonyl (C=O) groups excluding carboxylic acids is 1. The van der Waals surface area contributed by atoms with Gasteiger partial charge in [-0.15, -0.1) is 0 Å². The van der Waals surface area contributed by atoms with Crippen molar-refractivity contribution >= 4 is 16.1 Å². The highest BCUT2D eigenvalue weighted by atomic mass is 32.2. The molecule has 6 heteroatoms. The van der Waals surface area contributed by atoms with Crippen molar-refractivity contribution in [1.82, 2.24) is 9.78 Å². The molecule has 15 heavy (non-hydrogen) atoms. The van der Waals surface area contributed by atoms with Gasteiger partial charge in [0.05, 0.1) is 11.5 Å². The van der Waals surface area contributed by atoms with Gasteiger partial charge in [0.25, 0.3) is 0 Å². The lowest BCUT2D eigenvalue weighted by Gasteiger charge is -2.13. The van der Waals surface area contributed by atoms with Crippen molar-refractivity contribution in [1.29, 1.82) is 0 Å². The van der Waals surface area contributed by atoms with Crippen LogP contribution in [-0.2, 0) is 28.6 Å². The molecule has 2 rings (SSSR count). The summed E-state index contributed by atoms with van der Waals surface area (Å²) in [5, 5.41) is 4.08. The second-order valence-electron chi connectivity index (χ2n) is 3.59. The van der Waals surface area contributed by atoms with Gasteiger partial charge in [-0.2, -0.15) is 5.10 Å². The van der Waals surface area contributed by atoms with Gasteiger partial charge in [-0.05, 0) is 6.92 Å². The van der Waals surface area contributed by atoms with Crippen LogP contribution < -0.4 is 0 Å². The molecule has 0 amide bonds. The van der Waals surface area contributed by atoms with Gasteiger partial charge in [0.2, 0.25) is 0 Å². The summed E-state index contributed by atoms with van der Waals surface area (Å²) in [6, 6.07) is 0. The maximum Gasteiger partial charge on any atom is 0.170 e. The number of fused-ring (bicyclic) bond motifs is 1. The SMILES string of the molecule is CCn1nc(C=O)c2c1CCS(=O)(=O)C2. The van der Waals surface area contributed by atoms with Crippen molar-refractivity contribution in [2.75, 3.05) is 5.75 Å². The molecule has 0 fully saturated rings. The van der Waals surface area contributed by atoms with Crippen molar-refractivity contribution in [3.05, 3.63) is 17.0 Å². The summed E-state index contributed by atoms with van der Waals surface area (Å²) in [5.74, 6) is 0.112. The molecule has 0 aromatic carbocycles. The number of hydrogen-bond donors (Lipinski definition) is 0. The first-order valence-electron chi connectivity index (χ1n) is 4.81. The molecule has 1 aromatic heterocycles. The van der Waals surface area contributed by atoms with Gasteiger partial charge in [-0.3, -0.25) is 9.48 Å². The summed E-state index contributed by atoms with van der Waals surface area (Å²) >= 11 is 0. The average molecular weight is 228 g/mol. The fourth-order valence-corrected chi connectivity index (χ4v) is 3.30. The van der Waals surface area contributed by atoms with Crippen LogP contribution in [0, 0.1) is 0 Å². The Balaban J connectivity index is 2.57. The molecule has 2 heterocycles. The van der Waals surface area contributed by atoms with E-state index in [1.165, 1.54) is 0 Å². The van der Waals surface area contributed by atoms with Crippen LogP contribution >= 0.6 is 0 Å². The van der Waals surface area contributed by atoms with Gasteiger partial charge in [-0.25, -0.2) is 8.42 Å². The highest BCUT2D eigenvalue weighted by Crippen LogP contribution is 2.23. The van der Waals surface area contributed by atoms with Crippen molar-refractivity contribution in [3.63, 3.8) is 0 Å². The van der Waals surface area contributed by atoms with E-state index in [0.29, 0.717) is 24.8 Å². The first-order chi connectivity index (χ1) is 7.07. The van der Waals surface area contributed by atoms with Gasteiger partial charge >= 0.3 is 0 Å².